The van der Waals surface area contributed by atoms with Gasteiger partial charge >= 0.3 is 0 Å². The van der Waals surface area contributed by atoms with Crippen molar-refractivity contribution in [3.8, 4) is 11.5 Å². The van der Waals surface area contributed by atoms with Crippen molar-refractivity contribution in [3.63, 3.8) is 0 Å². The molecule has 1 aliphatic rings. The molecule has 1 amide bonds. The fourth-order valence-corrected chi connectivity index (χ4v) is 1.77. The predicted molar refractivity (Wildman–Crippen MR) is 67.3 cm³/mol. The summed E-state index contributed by atoms with van der Waals surface area (Å²) in [6.45, 7) is 1.41. The molecule has 0 aromatic heterocycles. The lowest BCUT2D eigenvalue weighted by atomic mass is 10.2. The molecule has 0 atom stereocenters. The van der Waals surface area contributed by atoms with Crippen LogP contribution in [-0.2, 0) is 11.3 Å². The highest BCUT2D eigenvalue weighted by Crippen LogP contribution is 2.32. The summed E-state index contributed by atoms with van der Waals surface area (Å²) in [7, 11) is 0. The van der Waals surface area contributed by atoms with Crippen LogP contribution in [0.4, 0.5) is 0 Å². The minimum absolute atomic E-state index is 0.0566. The quantitative estimate of drug-likeness (QED) is 0.743. The molecule has 2 rings (SSSR count). The van der Waals surface area contributed by atoms with Gasteiger partial charge in [0.1, 0.15) is 0 Å². The second-order valence-electron chi connectivity index (χ2n) is 4.21. The van der Waals surface area contributed by atoms with E-state index in [-0.39, 0.29) is 12.7 Å². The molecule has 5 nitrogen and oxygen atoms in total. The van der Waals surface area contributed by atoms with Crippen molar-refractivity contribution >= 4 is 5.91 Å². The SMILES string of the molecule is NCCCCC(=O)NCc1ccc2c(c1)OCO2. The Morgan fingerprint density at radius 2 is 2.11 bits per heavy atom. The Morgan fingerprint density at radius 1 is 1.28 bits per heavy atom. The highest BCUT2D eigenvalue weighted by atomic mass is 16.7. The number of nitrogens with one attached hydrogen (secondary N) is 1. The van der Waals surface area contributed by atoms with Crippen molar-refractivity contribution in [2.24, 2.45) is 5.73 Å². The number of fused-ring (bicyclic) bond motifs is 1. The zero-order chi connectivity index (χ0) is 12.8. The molecule has 0 unspecified atom stereocenters. The number of carbonyl (C=O) groups excluding carboxylic acids is 1. The normalized spacial score (nSPS) is 12.5. The van der Waals surface area contributed by atoms with E-state index in [0.717, 1.165) is 29.9 Å². The summed E-state index contributed by atoms with van der Waals surface area (Å²) in [6.07, 6.45) is 2.25. The second-order valence-corrected chi connectivity index (χ2v) is 4.21. The van der Waals surface area contributed by atoms with Gasteiger partial charge in [-0.15, -0.1) is 0 Å². The third kappa shape index (κ3) is 3.37. The van der Waals surface area contributed by atoms with Gasteiger partial charge < -0.3 is 20.5 Å². The van der Waals surface area contributed by atoms with E-state index < -0.39 is 0 Å². The lowest BCUT2D eigenvalue weighted by molar-refractivity contribution is -0.121. The third-order valence-electron chi connectivity index (χ3n) is 2.78. The Bertz CT molecular complexity index is 421. The molecule has 3 N–H and O–H groups in total. The van der Waals surface area contributed by atoms with Crippen LogP contribution in [0.2, 0.25) is 0 Å². The summed E-state index contributed by atoms with van der Waals surface area (Å²) in [5.74, 6) is 1.55. The van der Waals surface area contributed by atoms with Crippen LogP contribution in [0.15, 0.2) is 18.2 Å². The Labute approximate surface area is 106 Å². The molecule has 0 spiro atoms. The molecule has 1 aromatic rings. The first-order chi connectivity index (χ1) is 8.79. The Hall–Kier alpha value is -1.75. The highest BCUT2D eigenvalue weighted by Gasteiger charge is 2.13. The van der Waals surface area contributed by atoms with Crippen LogP contribution in [0.3, 0.4) is 0 Å². The second kappa shape index (κ2) is 6.26. The fraction of sp³-hybridized carbons (Fsp3) is 0.462. The summed E-state index contributed by atoms with van der Waals surface area (Å²) in [6, 6.07) is 5.68. The monoisotopic (exact) mass is 250 g/mol. The number of unbranched alkanes of at least 4 members (excludes halogenated alkanes) is 1. The summed E-state index contributed by atoms with van der Waals surface area (Å²) in [4.78, 5) is 11.5. The average Bonchev–Trinajstić information content (AvgIpc) is 2.84. The van der Waals surface area contributed by atoms with Crippen LogP contribution in [0.1, 0.15) is 24.8 Å². The molecule has 1 heterocycles. The predicted octanol–water partition coefficient (Wildman–Crippen LogP) is 1.16. The summed E-state index contributed by atoms with van der Waals surface area (Å²) >= 11 is 0. The van der Waals surface area contributed by atoms with Crippen molar-refractivity contribution in [1.82, 2.24) is 5.32 Å². The van der Waals surface area contributed by atoms with Crippen LogP contribution in [0, 0.1) is 0 Å². The molecule has 0 fully saturated rings. The highest BCUT2D eigenvalue weighted by molar-refractivity contribution is 5.75. The van der Waals surface area contributed by atoms with Crippen LogP contribution < -0.4 is 20.5 Å². The van der Waals surface area contributed by atoms with E-state index in [1.807, 2.05) is 18.2 Å². The molecule has 0 aliphatic carbocycles. The minimum Gasteiger partial charge on any atom is -0.454 e. The number of amides is 1. The van der Waals surface area contributed by atoms with Crippen LogP contribution in [0.5, 0.6) is 11.5 Å². The van der Waals surface area contributed by atoms with Crippen LogP contribution >= 0.6 is 0 Å². The maximum absolute atomic E-state index is 11.5. The van der Waals surface area contributed by atoms with Crippen molar-refractivity contribution in [2.75, 3.05) is 13.3 Å². The first kappa shape index (κ1) is 12.7. The molecule has 0 bridgehead atoms. The van der Waals surface area contributed by atoms with Gasteiger partial charge in [0, 0.05) is 13.0 Å². The van der Waals surface area contributed by atoms with Gasteiger partial charge in [-0.25, -0.2) is 0 Å². The van der Waals surface area contributed by atoms with Gasteiger partial charge in [-0.2, -0.15) is 0 Å². The molecule has 0 radical (unpaired) electrons. The largest absolute Gasteiger partial charge is 0.454 e. The van der Waals surface area contributed by atoms with Crippen molar-refractivity contribution in [2.45, 2.75) is 25.8 Å². The zero-order valence-electron chi connectivity index (χ0n) is 10.3. The van der Waals surface area contributed by atoms with Crippen molar-refractivity contribution < 1.29 is 14.3 Å². The third-order valence-corrected chi connectivity index (χ3v) is 2.78. The average molecular weight is 250 g/mol. The molecular formula is C13H18N2O3. The van der Waals surface area contributed by atoms with E-state index >= 15 is 0 Å². The van der Waals surface area contributed by atoms with Gasteiger partial charge in [0.2, 0.25) is 12.7 Å². The Morgan fingerprint density at radius 3 is 2.94 bits per heavy atom. The standard InChI is InChI=1S/C13H18N2O3/c14-6-2-1-3-13(16)15-8-10-4-5-11-12(7-10)18-9-17-11/h4-5,7H,1-3,6,8-9,14H2,(H,15,16). The van der Waals surface area contributed by atoms with Gasteiger partial charge in [0.05, 0.1) is 0 Å². The van der Waals surface area contributed by atoms with E-state index in [4.69, 9.17) is 15.2 Å². The van der Waals surface area contributed by atoms with Gasteiger partial charge in [0.15, 0.2) is 11.5 Å². The Balaban J connectivity index is 1.78. The summed E-state index contributed by atoms with van der Waals surface area (Å²) in [5.41, 5.74) is 6.38. The molecule has 18 heavy (non-hydrogen) atoms. The molecule has 1 aliphatic heterocycles. The first-order valence-electron chi connectivity index (χ1n) is 6.15. The van der Waals surface area contributed by atoms with Gasteiger partial charge in [-0.05, 0) is 37.1 Å². The fourth-order valence-electron chi connectivity index (χ4n) is 1.77. The number of nitrogens with two attached hydrogens (primary N) is 1. The van der Waals surface area contributed by atoms with E-state index in [1.54, 1.807) is 0 Å². The van der Waals surface area contributed by atoms with E-state index in [9.17, 15) is 4.79 Å². The van der Waals surface area contributed by atoms with Gasteiger partial charge in [-0.1, -0.05) is 6.07 Å². The number of ether oxygens (including phenoxy) is 2. The molecular weight excluding hydrogens is 232 g/mol. The number of rotatable bonds is 6. The maximum Gasteiger partial charge on any atom is 0.231 e. The number of hydrogen-bond acceptors (Lipinski definition) is 4. The van der Waals surface area contributed by atoms with E-state index in [0.29, 0.717) is 19.5 Å². The molecule has 98 valence electrons. The molecule has 0 saturated carbocycles. The maximum atomic E-state index is 11.5. The van der Waals surface area contributed by atoms with Gasteiger partial charge in [-0.3, -0.25) is 4.79 Å². The van der Waals surface area contributed by atoms with Crippen LogP contribution in [-0.4, -0.2) is 19.2 Å². The lowest BCUT2D eigenvalue weighted by Crippen LogP contribution is -2.22. The minimum atomic E-state index is 0.0566. The van der Waals surface area contributed by atoms with Crippen molar-refractivity contribution in [3.05, 3.63) is 23.8 Å². The molecule has 5 heteroatoms. The first-order valence-corrected chi connectivity index (χ1v) is 6.15. The number of benzene rings is 1. The smallest absolute Gasteiger partial charge is 0.231 e. The number of carbonyl (C=O) groups is 1. The van der Waals surface area contributed by atoms with E-state index in [1.165, 1.54) is 0 Å². The zero-order valence-corrected chi connectivity index (χ0v) is 10.3. The summed E-state index contributed by atoms with van der Waals surface area (Å²) in [5, 5.41) is 2.87. The number of hydrogen-bond donors (Lipinski definition) is 2. The van der Waals surface area contributed by atoms with Crippen LogP contribution in [0.25, 0.3) is 0 Å². The van der Waals surface area contributed by atoms with E-state index in [2.05, 4.69) is 5.32 Å². The van der Waals surface area contributed by atoms with Crippen molar-refractivity contribution in [1.29, 1.82) is 0 Å². The summed E-state index contributed by atoms with van der Waals surface area (Å²) < 4.78 is 10.5. The lowest BCUT2D eigenvalue weighted by Gasteiger charge is -2.06. The van der Waals surface area contributed by atoms with Gasteiger partial charge in [0.25, 0.3) is 0 Å². The Kier molecular flexibility index (Phi) is 4.41. The topological polar surface area (TPSA) is 73.6 Å². The molecule has 1 aromatic carbocycles. The molecule has 0 saturated heterocycles.